The molecule has 1 heterocycles. The van der Waals surface area contributed by atoms with Gasteiger partial charge >= 0.3 is 0 Å². The summed E-state index contributed by atoms with van der Waals surface area (Å²) < 4.78 is 11.2. The van der Waals surface area contributed by atoms with Gasteiger partial charge in [0.05, 0.1) is 10.5 Å². The minimum atomic E-state index is -0.880. The molecule has 4 nitrogen and oxygen atoms in total. The Labute approximate surface area is 131 Å². The molecule has 1 N–H and O–H groups in total. The Morgan fingerprint density at radius 2 is 2.14 bits per heavy atom. The molecule has 2 unspecified atom stereocenters. The number of fused-ring (bicyclic) bond motifs is 1. The van der Waals surface area contributed by atoms with E-state index in [1.54, 1.807) is 12.3 Å². The second-order valence-electron chi connectivity index (χ2n) is 4.86. The van der Waals surface area contributed by atoms with E-state index in [2.05, 4.69) is 10.3 Å². The predicted molar refractivity (Wildman–Crippen MR) is 87.2 cm³/mol. The lowest BCUT2D eigenvalue weighted by atomic mass is 10.2. The highest BCUT2D eigenvalue weighted by Crippen LogP contribution is 2.22. The zero-order chi connectivity index (χ0) is 15.4. The van der Waals surface area contributed by atoms with Crippen molar-refractivity contribution < 1.29 is 9.00 Å². The first kappa shape index (κ1) is 15.9. The number of rotatable bonds is 5. The van der Waals surface area contributed by atoms with Gasteiger partial charge < -0.3 is 5.32 Å². The molecule has 0 fully saturated rings. The summed E-state index contributed by atoms with van der Waals surface area (Å²) in [5.41, 5.74) is 0.988. The molecule has 0 bridgehead atoms. The number of nitrogens with zero attached hydrogens (tertiary/aromatic N) is 1. The third-order valence-electron chi connectivity index (χ3n) is 3.30. The van der Waals surface area contributed by atoms with Crippen molar-refractivity contribution in [3.05, 3.63) is 41.0 Å². The van der Waals surface area contributed by atoms with Gasteiger partial charge in [-0.15, -0.1) is 0 Å². The Morgan fingerprint density at radius 1 is 1.43 bits per heavy atom. The zero-order valence-electron chi connectivity index (χ0n) is 11.9. The van der Waals surface area contributed by atoms with Gasteiger partial charge in [0.2, 0.25) is 0 Å². The molecule has 0 aliphatic heterocycles. The number of benzene rings is 1. The number of halogens is 1. The molecule has 6 heteroatoms. The number of pyridine rings is 1. The SMILES string of the molecule is CC(CCNC(=O)c1cc(Cl)c2ccccc2n1)S(C)=O. The van der Waals surface area contributed by atoms with E-state index in [0.29, 0.717) is 29.2 Å². The highest BCUT2D eigenvalue weighted by Gasteiger charge is 2.12. The molecular formula is C15H17ClN2O2S. The van der Waals surface area contributed by atoms with Crippen molar-refractivity contribution in [2.75, 3.05) is 12.8 Å². The van der Waals surface area contributed by atoms with Crippen LogP contribution in [0.5, 0.6) is 0 Å². The van der Waals surface area contributed by atoms with Gasteiger partial charge in [0, 0.05) is 34.2 Å². The van der Waals surface area contributed by atoms with Crippen molar-refractivity contribution in [3.63, 3.8) is 0 Å². The van der Waals surface area contributed by atoms with Crippen LogP contribution in [0.4, 0.5) is 0 Å². The van der Waals surface area contributed by atoms with Gasteiger partial charge in [-0.3, -0.25) is 9.00 Å². The molecule has 1 aromatic carbocycles. The number of aromatic nitrogens is 1. The molecule has 2 rings (SSSR count). The Bertz CT molecular complexity index is 690. The van der Waals surface area contributed by atoms with E-state index in [0.717, 1.165) is 5.39 Å². The van der Waals surface area contributed by atoms with Gasteiger partial charge in [0.1, 0.15) is 5.69 Å². The second-order valence-corrected chi connectivity index (χ2v) is 7.07. The van der Waals surface area contributed by atoms with Gasteiger partial charge in [-0.25, -0.2) is 4.98 Å². The molecule has 1 aromatic heterocycles. The van der Waals surface area contributed by atoms with E-state index in [-0.39, 0.29) is 11.2 Å². The smallest absolute Gasteiger partial charge is 0.269 e. The van der Waals surface area contributed by atoms with E-state index in [9.17, 15) is 9.00 Å². The summed E-state index contributed by atoms with van der Waals surface area (Å²) >= 11 is 6.17. The molecule has 0 radical (unpaired) electrons. The van der Waals surface area contributed by atoms with Crippen LogP contribution in [0.15, 0.2) is 30.3 Å². The van der Waals surface area contributed by atoms with E-state index < -0.39 is 10.8 Å². The van der Waals surface area contributed by atoms with Crippen LogP contribution in [0.3, 0.4) is 0 Å². The number of carbonyl (C=O) groups is 1. The van der Waals surface area contributed by atoms with Crippen LogP contribution in [-0.2, 0) is 10.8 Å². The topological polar surface area (TPSA) is 59.1 Å². The third-order valence-corrected chi connectivity index (χ3v) is 4.98. The summed E-state index contributed by atoms with van der Waals surface area (Å²) in [7, 11) is -0.880. The molecule has 2 atom stereocenters. The maximum Gasteiger partial charge on any atom is 0.269 e. The number of hydrogen-bond donors (Lipinski definition) is 1. The maximum absolute atomic E-state index is 12.1. The van der Waals surface area contributed by atoms with Crippen molar-refractivity contribution in [1.82, 2.24) is 10.3 Å². The fourth-order valence-electron chi connectivity index (χ4n) is 1.89. The summed E-state index contributed by atoms with van der Waals surface area (Å²) in [6.45, 7) is 2.36. The molecule has 0 saturated carbocycles. The minimum Gasteiger partial charge on any atom is -0.351 e. The van der Waals surface area contributed by atoms with Crippen molar-refractivity contribution >= 4 is 39.2 Å². The fourth-order valence-corrected chi connectivity index (χ4v) is 2.61. The standard InChI is InChI=1S/C15H17ClN2O2S/c1-10(21(2)20)7-8-17-15(19)14-9-12(16)11-5-3-4-6-13(11)18-14/h3-6,9-10H,7-8H2,1-2H3,(H,17,19). The summed E-state index contributed by atoms with van der Waals surface area (Å²) in [4.78, 5) is 16.4. The van der Waals surface area contributed by atoms with E-state index in [1.807, 2.05) is 31.2 Å². The Kier molecular flexibility index (Phi) is 5.31. The Balaban J connectivity index is 2.08. The maximum atomic E-state index is 12.1. The lowest BCUT2D eigenvalue weighted by molar-refractivity contribution is 0.0948. The summed E-state index contributed by atoms with van der Waals surface area (Å²) in [5.74, 6) is -0.267. The molecule has 0 aliphatic rings. The summed E-state index contributed by atoms with van der Waals surface area (Å²) in [5, 5.41) is 4.17. The first-order chi connectivity index (χ1) is 9.99. The second kappa shape index (κ2) is 7.00. The van der Waals surface area contributed by atoms with Gasteiger partial charge in [-0.05, 0) is 18.6 Å². The van der Waals surface area contributed by atoms with Crippen molar-refractivity contribution in [2.24, 2.45) is 0 Å². The molecule has 112 valence electrons. The molecule has 0 saturated heterocycles. The van der Waals surface area contributed by atoms with E-state index in [1.165, 1.54) is 0 Å². The average molecular weight is 325 g/mol. The van der Waals surface area contributed by atoms with Crippen molar-refractivity contribution in [3.8, 4) is 0 Å². The van der Waals surface area contributed by atoms with Crippen LogP contribution in [-0.4, -0.2) is 33.2 Å². The highest BCUT2D eigenvalue weighted by atomic mass is 35.5. The molecular weight excluding hydrogens is 308 g/mol. The fraction of sp³-hybridized carbons (Fsp3) is 0.333. The molecule has 0 aliphatic carbocycles. The predicted octanol–water partition coefficient (Wildman–Crippen LogP) is 2.78. The molecule has 0 spiro atoms. The van der Waals surface area contributed by atoms with Crippen LogP contribution in [0.1, 0.15) is 23.8 Å². The first-order valence-corrected chi connectivity index (χ1v) is 8.64. The average Bonchev–Trinajstić information content (AvgIpc) is 2.46. The number of amides is 1. The number of para-hydroxylation sites is 1. The summed E-state index contributed by atoms with van der Waals surface area (Å²) in [6.07, 6.45) is 2.33. The number of carbonyl (C=O) groups excluding carboxylic acids is 1. The quantitative estimate of drug-likeness (QED) is 0.920. The van der Waals surface area contributed by atoms with Crippen LogP contribution in [0.25, 0.3) is 10.9 Å². The Morgan fingerprint density at radius 3 is 2.86 bits per heavy atom. The van der Waals surface area contributed by atoms with Crippen molar-refractivity contribution in [1.29, 1.82) is 0 Å². The van der Waals surface area contributed by atoms with Crippen LogP contribution < -0.4 is 5.32 Å². The van der Waals surface area contributed by atoms with E-state index >= 15 is 0 Å². The minimum absolute atomic E-state index is 0.0541. The lowest BCUT2D eigenvalue weighted by Crippen LogP contribution is -2.28. The molecule has 21 heavy (non-hydrogen) atoms. The molecule has 1 amide bonds. The van der Waals surface area contributed by atoms with Gasteiger partial charge in [-0.2, -0.15) is 0 Å². The van der Waals surface area contributed by atoms with Crippen LogP contribution in [0, 0.1) is 0 Å². The van der Waals surface area contributed by atoms with Gasteiger partial charge in [-0.1, -0.05) is 36.7 Å². The zero-order valence-corrected chi connectivity index (χ0v) is 13.5. The van der Waals surface area contributed by atoms with Crippen LogP contribution >= 0.6 is 11.6 Å². The van der Waals surface area contributed by atoms with Gasteiger partial charge in [0.25, 0.3) is 5.91 Å². The van der Waals surface area contributed by atoms with Crippen molar-refractivity contribution in [2.45, 2.75) is 18.6 Å². The van der Waals surface area contributed by atoms with Gasteiger partial charge in [0.15, 0.2) is 0 Å². The Hall–Kier alpha value is -1.46. The van der Waals surface area contributed by atoms with Crippen LogP contribution in [0.2, 0.25) is 5.02 Å². The summed E-state index contributed by atoms with van der Waals surface area (Å²) in [6, 6.07) is 8.99. The number of nitrogens with one attached hydrogen (secondary N) is 1. The molecule has 2 aromatic rings. The number of hydrogen-bond acceptors (Lipinski definition) is 3. The van der Waals surface area contributed by atoms with E-state index in [4.69, 9.17) is 11.6 Å². The monoisotopic (exact) mass is 324 g/mol. The third kappa shape index (κ3) is 4.02. The lowest BCUT2D eigenvalue weighted by Gasteiger charge is -2.09. The first-order valence-electron chi connectivity index (χ1n) is 6.64. The normalized spacial score (nSPS) is 13.9. The largest absolute Gasteiger partial charge is 0.351 e. The highest BCUT2D eigenvalue weighted by molar-refractivity contribution is 7.84.